The van der Waals surface area contributed by atoms with Gasteiger partial charge in [0.15, 0.2) is 0 Å². The fourth-order valence-electron chi connectivity index (χ4n) is 1.73. The van der Waals surface area contributed by atoms with Crippen LogP contribution in [0.5, 0.6) is 0 Å². The van der Waals surface area contributed by atoms with Crippen LogP contribution in [-0.2, 0) is 6.54 Å². The number of rotatable bonds is 4. The molecule has 0 radical (unpaired) electrons. The van der Waals surface area contributed by atoms with Crippen LogP contribution in [0.25, 0.3) is 0 Å². The van der Waals surface area contributed by atoms with Crippen molar-refractivity contribution in [2.75, 3.05) is 5.32 Å². The Kier molecular flexibility index (Phi) is 3.53. The van der Waals surface area contributed by atoms with E-state index in [0.717, 1.165) is 11.3 Å². The van der Waals surface area contributed by atoms with Gasteiger partial charge in [-0.1, -0.05) is 6.07 Å². The first-order chi connectivity index (χ1) is 9.11. The highest BCUT2D eigenvalue weighted by atomic mass is 16.4. The third-order valence-electron chi connectivity index (χ3n) is 2.78. The van der Waals surface area contributed by atoms with E-state index < -0.39 is 5.97 Å². The Morgan fingerprint density at radius 2 is 2.26 bits per heavy atom. The Morgan fingerprint density at radius 1 is 1.47 bits per heavy atom. The molecule has 5 heteroatoms. The van der Waals surface area contributed by atoms with E-state index in [-0.39, 0.29) is 12.1 Å². The predicted molar refractivity (Wildman–Crippen MR) is 68.9 cm³/mol. The van der Waals surface area contributed by atoms with Gasteiger partial charge in [-0.2, -0.15) is 5.26 Å². The van der Waals surface area contributed by atoms with Crippen molar-refractivity contribution in [1.82, 2.24) is 0 Å². The number of carboxylic acids is 1. The fraction of sp³-hybridized carbons (Fsp3) is 0.143. The zero-order chi connectivity index (χ0) is 13.8. The lowest BCUT2D eigenvalue weighted by molar-refractivity contribution is 0.0694. The van der Waals surface area contributed by atoms with Gasteiger partial charge in [-0.25, -0.2) is 4.79 Å². The number of furan rings is 1. The van der Waals surface area contributed by atoms with Crippen LogP contribution in [0.2, 0.25) is 0 Å². The Bertz CT molecular complexity index is 653. The van der Waals surface area contributed by atoms with Crippen molar-refractivity contribution < 1.29 is 14.3 Å². The average molecular weight is 256 g/mol. The van der Waals surface area contributed by atoms with Crippen molar-refractivity contribution in [3.63, 3.8) is 0 Å². The largest absolute Gasteiger partial charge is 0.478 e. The molecular formula is C14H12N2O3. The van der Waals surface area contributed by atoms with E-state index in [1.807, 2.05) is 13.0 Å². The third kappa shape index (κ3) is 2.75. The molecule has 1 heterocycles. The summed E-state index contributed by atoms with van der Waals surface area (Å²) in [5, 5.41) is 20.9. The highest BCUT2D eigenvalue weighted by Gasteiger charge is 2.13. The van der Waals surface area contributed by atoms with Gasteiger partial charge in [0.25, 0.3) is 0 Å². The van der Waals surface area contributed by atoms with Gasteiger partial charge < -0.3 is 14.8 Å². The molecular weight excluding hydrogens is 244 g/mol. The SMILES string of the molecule is Cc1ccc(C#N)cc1NCc1occc1C(=O)O. The number of benzene rings is 1. The summed E-state index contributed by atoms with van der Waals surface area (Å²) in [6.45, 7) is 2.16. The molecule has 96 valence electrons. The van der Waals surface area contributed by atoms with E-state index in [1.54, 1.807) is 12.1 Å². The molecule has 0 aliphatic heterocycles. The summed E-state index contributed by atoms with van der Waals surface area (Å²) in [6.07, 6.45) is 1.35. The third-order valence-corrected chi connectivity index (χ3v) is 2.78. The van der Waals surface area contributed by atoms with Gasteiger partial charge >= 0.3 is 5.97 Å². The predicted octanol–water partition coefficient (Wildman–Crippen LogP) is 2.77. The molecule has 5 nitrogen and oxygen atoms in total. The minimum atomic E-state index is -1.02. The molecule has 2 N–H and O–H groups in total. The molecule has 1 aromatic carbocycles. The lowest BCUT2D eigenvalue weighted by Gasteiger charge is -2.09. The molecule has 0 aliphatic carbocycles. The molecule has 2 aromatic rings. The molecule has 0 amide bonds. The summed E-state index contributed by atoms with van der Waals surface area (Å²) in [6, 6.07) is 8.76. The van der Waals surface area contributed by atoms with E-state index in [2.05, 4.69) is 11.4 Å². The average Bonchev–Trinajstić information content (AvgIpc) is 2.86. The number of carboxylic acid groups (broad SMARTS) is 1. The number of nitrogens with zero attached hydrogens (tertiary/aromatic N) is 1. The molecule has 0 fully saturated rings. The molecule has 0 saturated carbocycles. The van der Waals surface area contributed by atoms with Gasteiger partial charge in [-0.05, 0) is 30.7 Å². The van der Waals surface area contributed by atoms with Crippen LogP contribution in [-0.4, -0.2) is 11.1 Å². The molecule has 0 atom stereocenters. The number of hydrogen-bond donors (Lipinski definition) is 2. The van der Waals surface area contributed by atoms with Crippen LogP contribution in [0.3, 0.4) is 0 Å². The lowest BCUT2D eigenvalue weighted by atomic mass is 10.1. The molecule has 0 unspecified atom stereocenters. The molecule has 0 saturated heterocycles. The summed E-state index contributed by atoms with van der Waals surface area (Å²) in [5.41, 5.74) is 2.45. The molecule has 0 bridgehead atoms. The van der Waals surface area contributed by atoms with Crippen LogP contribution < -0.4 is 5.32 Å². The van der Waals surface area contributed by atoms with Gasteiger partial charge in [0.2, 0.25) is 0 Å². The van der Waals surface area contributed by atoms with Crippen molar-refractivity contribution in [2.24, 2.45) is 0 Å². The number of aromatic carboxylic acids is 1. The van der Waals surface area contributed by atoms with E-state index in [4.69, 9.17) is 14.8 Å². The molecule has 1 aromatic heterocycles. The van der Waals surface area contributed by atoms with Crippen LogP contribution >= 0.6 is 0 Å². The Hall–Kier alpha value is -2.74. The van der Waals surface area contributed by atoms with E-state index in [0.29, 0.717) is 11.3 Å². The van der Waals surface area contributed by atoms with Crippen molar-refractivity contribution in [1.29, 1.82) is 5.26 Å². The standard InChI is InChI=1S/C14H12N2O3/c1-9-2-3-10(7-15)6-12(9)16-8-13-11(14(17)18)4-5-19-13/h2-6,16H,8H2,1H3,(H,17,18). The first kappa shape index (κ1) is 12.7. The van der Waals surface area contributed by atoms with Crippen LogP contribution in [0.4, 0.5) is 5.69 Å². The van der Waals surface area contributed by atoms with Crippen LogP contribution in [0.1, 0.15) is 27.2 Å². The second kappa shape index (κ2) is 5.27. The smallest absolute Gasteiger partial charge is 0.339 e. The fourth-order valence-corrected chi connectivity index (χ4v) is 1.73. The topological polar surface area (TPSA) is 86.3 Å². The molecule has 0 aliphatic rings. The maximum absolute atomic E-state index is 10.9. The van der Waals surface area contributed by atoms with E-state index >= 15 is 0 Å². The van der Waals surface area contributed by atoms with Crippen LogP contribution in [0.15, 0.2) is 34.9 Å². The first-order valence-electron chi connectivity index (χ1n) is 5.66. The second-order valence-electron chi connectivity index (χ2n) is 4.06. The van der Waals surface area contributed by atoms with Crippen molar-refractivity contribution in [2.45, 2.75) is 13.5 Å². The molecule has 2 rings (SSSR count). The van der Waals surface area contributed by atoms with E-state index in [1.165, 1.54) is 12.3 Å². The lowest BCUT2D eigenvalue weighted by Crippen LogP contribution is -2.05. The zero-order valence-electron chi connectivity index (χ0n) is 10.3. The molecule has 19 heavy (non-hydrogen) atoms. The molecule has 0 spiro atoms. The van der Waals surface area contributed by atoms with Gasteiger partial charge in [0.05, 0.1) is 24.4 Å². The Morgan fingerprint density at radius 3 is 2.95 bits per heavy atom. The number of aryl methyl sites for hydroxylation is 1. The van der Waals surface area contributed by atoms with E-state index in [9.17, 15) is 4.79 Å². The van der Waals surface area contributed by atoms with Gasteiger partial charge in [-0.3, -0.25) is 0 Å². The zero-order valence-corrected chi connectivity index (χ0v) is 10.3. The highest BCUT2D eigenvalue weighted by Crippen LogP contribution is 2.19. The van der Waals surface area contributed by atoms with Crippen molar-refractivity contribution in [3.8, 4) is 6.07 Å². The Labute approximate surface area is 110 Å². The number of anilines is 1. The number of nitriles is 1. The first-order valence-corrected chi connectivity index (χ1v) is 5.66. The van der Waals surface area contributed by atoms with Crippen molar-refractivity contribution >= 4 is 11.7 Å². The Balaban J connectivity index is 2.17. The number of carbonyl (C=O) groups is 1. The number of hydrogen-bond acceptors (Lipinski definition) is 4. The summed E-state index contributed by atoms with van der Waals surface area (Å²) in [5.74, 6) is -0.665. The second-order valence-corrected chi connectivity index (χ2v) is 4.06. The summed E-state index contributed by atoms with van der Waals surface area (Å²) in [7, 11) is 0. The minimum absolute atomic E-state index is 0.140. The summed E-state index contributed by atoms with van der Waals surface area (Å²) in [4.78, 5) is 10.9. The summed E-state index contributed by atoms with van der Waals surface area (Å²) >= 11 is 0. The van der Waals surface area contributed by atoms with Crippen LogP contribution in [0, 0.1) is 18.3 Å². The quantitative estimate of drug-likeness (QED) is 0.878. The normalized spacial score (nSPS) is 9.89. The maximum Gasteiger partial charge on any atom is 0.339 e. The van der Waals surface area contributed by atoms with Crippen molar-refractivity contribution in [3.05, 3.63) is 53.0 Å². The summed E-state index contributed by atoms with van der Waals surface area (Å²) < 4.78 is 5.14. The van der Waals surface area contributed by atoms with Gasteiger partial charge in [-0.15, -0.1) is 0 Å². The van der Waals surface area contributed by atoms with Gasteiger partial charge in [0, 0.05) is 5.69 Å². The number of nitrogens with one attached hydrogen (secondary N) is 1. The maximum atomic E-state index is 10.9. The highest BCUT2D eigenvalue weighted by molar-refractivity contribution is 5.88. The minimum Gasteiger partial charge on any atom is -0.478 e. The monoisotopic (exact) mass is 256 g/mol. The van der Waals surface area contributed by atoms with Gasteiger partial charge in [0.1, 0.15) is 11.3 Å².